The molecule has 5 nitrogen and oxygen atoms in total. The van der Waals surface area contributed by atoms with Gasteiger partial charge in [0.15, 0.2) is 0 Å². The van der Waals surface area contributed by atoms with Gasteiger partial charge in [-0.2, -0.15) is 0 Å². The number of anilines is 2. The maximum Gasteiger partial charge on any atom is 0.257 e. The molecule has 2 aromatic rings. The van der Waals surface area contributed by atoms with E-state index in [-0.39, 0.29) is 16.7 Å². The van der Waals surface area contributed by atoms with Crippen LogP contribution < -0.4 is 9.62 Å². The molecular formula is C17H16Cl2N2O3S. The Morgan fingerprint density at radius 2 is 1.92 bits per heavy atom. The number of sulfonamides is 1. The number of aryl methyl sites for hydroxylation is 1. The van der Waals surface area contributed by atoms with Crippen LogP contribution in [0.3, 0.4) is 0 Å². The minimum atomic E-state index is -3.29. The van der Waals surface area contributed by atoms with Crippen LogP contribution in [0.1, 0.15) is 22.3 Å². The van der Waals surface area contributed by atoms with Crippen LogP contribution in [0.5, 0.6) is 0 Å². The van der Waals surface area contributed by atoms with Gasteiger partial charge in [-0.05, 0) is 49.2 Å². The topological polar surface area (TPSA) is 66.5 Å². The van der Waals surface area contributed by atoms with Gasteiger partial charge in [-0.3, -0.25) is 9.10 Å². The van der Waals surface area contributed by atoms with Crippen LogP contribution >= 0.6 is 23.2 Å². The summed E-state index contributed by atoms with van der Waals surface area (Å²) >= 11 is 11.9. The molecule has 1 aliphatic heterocycles. The average molecular weight is 399 g/mol. The van der Waals surface area contributed by atoms with Crippen LogP contribution in [0.2, 0.25) is 10.0 Å². The number of rotatable bonds is 3. The molecule has 1 amide bonds. The first-order valence-corrected chi connectivity index (χ1v) is 10.0. The molecule has 3 rings (SSSR count). The highest BCUT2D eigenvalue weighted by molar-refractivity contribution is 7.93. The second kappa shape index (κ2) is 6.86. The van der Waals surface area contributed by atoms with Crippen LogP contribution in [-0.2, 0) is 10.0 Å². The highest BCUT2D eigenvalue weighted by atomic mass is 35.5. The smallest absolute Gasteiger partial charge is 0.257 e. The summed E-state index contributed by atoms with van der Waals surface area (Å²) in [6.45, 7) is 2.29. The van der Waals surface area contributed by atoms with E-state index >= 15 is 0 Å². The van der Waals surface area contributed by atoms with E-state index in [0.717, 1.165) is 5.56 Å². The van der Waals surface area contributed by atoms with Crippen LogP contribution in [0.25, 0.3) is 0 Å². The summed E-state index contributed by atoms with van der Waals surface area (Å²) in [5.74, 6) is -0.246. The van der Waals surface area contributed by atoms with Gasteiger partial charge in [-0.1, -0.05) is 29.3 Å². The molecule has 1 saturated heterocycles. The molecule has 25 heavy (non-hydrogen) atoms. The van der Waals surface area contributed by atoms with Gasteiger partial charge < -0.3 is 5.32 Å². The first-order valence-electron chi connectivity index (χ1n) is 7.65. The van der Waals surface area contributed by atoms with Crippen LogP contribution in [-0.4, -0.2) is 26.6 Å². The standard InChI is InChI=1S/C17H16Cl2N2O3S/c1-11-3-5-13(10-16(11)21-7-2-8-25(21,23)24)20-17(22)14-6-4-12(18)9-15(14)19/h3-6,9-10H,2,7-8H2,1H3,(H,20,22). The molecule has 0 atom stereocenters. The van der Waals surface area contributed by atoms with Gasteiger partial charge in [-0.15, -0.1) is 0 Å². The van der Waals surface area contributed by atoms with Gasteiger partial charge in [0.1, 0.15) is 0 Å². The lowest BCUT2D eigenvalue weighted by molar-refractivity contribution is 0.102. The van der Waals surface area contributed by atoms with Crippen molar-refractivity contribution in [2.75, 3.05) is 21.9 Å². The van der Waals surface area contributed by atoms with Gasteiger partial charge in [0.2, 0.25) is 10.0 Å². The minimum Gasteiger partial charge on any atom is -0.322 e. The SMILES string of the molecule is Cc1ccc(NC(=O)c2ccc(Cl)cc2Cl)cc1N1CCCS1(=O)=O. The highest BCUT2D eigenvalue weighted by Crippen LogP contribution is 2.30. The third kappa shape index (κ3) is 3.76. The Bertz CT molecular complexity index is 945. The number of carbonyl (C=O) groups excluding carboxylic acids is 1. The molecule has 1 heterocycles. The quantitative estimate of drug-likeness (QED) is 0.846. The van der Waals surface area contributed by atoms with Crippen molar-refractivity contribution in [2.24, 2.45) is 0 Å². The maximum absolute atomic E-state index is 12.4. The number of hydrogen-bond donors (Lipinski definition) is 1. The second-order valence-electron chi connectivity index (χ2n) is 5.82. The molecule has 1 fully saturated rings. The Labute approximate surface area is 156 Å². The fourth-order valence-electron chi connectivity index (χ4n) is 2.74. The van der Waals surface area contributed by atoms with Gasteiger partial charge >= 0.3 is 0 Å². The Balaban J connectivity index is 1.89. The number of halogens is 2. The van der Waals surface area contributed by atoms with Crippen molar-refractivity contribution in [1.82, 2.24) is 0 Å². The van der Waals surface area contributed by atoms with Crippen LogP contribution in [0, 0.1) is 6.92 Å². The summed E-state index contributed by atoms with van der Waals surface area (Å²) in [6, 6.07) is 9.79. The minimum absolute atomic E-state index is 0.142. The molecule has 0 aliphatic carbocycles. The molecule has 1 N–H and O–H groups in total. The Morgan fingerprint density at radius 3 is 2.56 bits per heavy atom. The van der Waals surface area contributed by atoms with E-state index in [1.165, 1.54) is 10.4 Å². The third-order valence-corrected chi connectivity index (χ3v) is 6.41. The van der Waals surface area contributed by atoms with E-state index in [1.807, 2.05) is 6.92 Å². The predicted molar refractivity (Wildman–Crippen MR) is 101 cm³/mol. The first kappa shape index (κ1) is 18.0. The van der Waals surface area contributed by atoms with Crippen molar-refractivity contribution in [3.8, 4) is 0 Å². The normalized spacial score (nSPS) is 16.0. The van der Waals surface area contributed by atoms with Crippen molar-refractivity contribution in [2.45, 2.75) is 13.3 Å². The molecule has 2 aromatic carbocycles. The van der Waals surface area contributed by atoms with Crippen molar-refractivity contribution < 1.29 is 13.2 Å². The highest BCUT2D eigenvalue weighted by Gasteiger charge is 2.29. The molecule has 0 spiro atoms. The van der Waals surface area contributed by atoms with Gasteiger partial charge in [0, 0.05) is 17.3 Å². The van der Waals surface area contributed by atoms with E-state index in [9.17, 15) is 13.2 Å². The summed E-state index contributed by atoms with van der Waals surface area (Å²) in [5, 5.41) is 3.44. The zero-order valence-corrected chi connectivity index (χ0v) is 15.7. The lowest BCUT2D eigenvalue weighted by atomic mass is 10.1. The third-order valence-electron chi connectivity index (χ3n) is 4.01. The Morgan fingerprint density at radius 1 is 1.16 bits per heavy atom. The van der Waals surface area contributed by atoms with E-state index in [0.29, 0.717) is 34.9 Å². The predicted octanol–water partition coefficient (Wildman–Crippen LogP) is 4.09. The van der Waals surface area contributed by atoms with Crippen LogP contribution in [0.4, 0.5) is 11.4 Å². The lowest BCUT2D eigenvalue weighted by Crippen LogP contribution is -2.26. The van der Waals surface area contributed by atoms with Gasteiger partial charge in [-0.25, -0.2) is 8.42 Å². The van der Waals surface area contributed by atoms with Crippen molar-refractivity contribution in [3.05, 3.63) is 57.6 Å². The average Bonchev–Trinajstić information content (AvgIpc) is 2.88. The molecule has 0 aromatic heterocycles. The fourth-order valence-corrected chi connectivity index (χ4v) is 4.85. The van der Waals surface area contributed by atoms with Crippen molar-refractivity contribution >= 4 is 50.5 Å². The van der Waals surface area contributed by atoms with E-state index in [1.54, 1.807) is 30.3 Å². The number of benzene rings is 2. The molecule has 8 heteroatoms. The maximum atomic E-state index is 12.4. The second-order valence-corrected chi connectivity index (χ2v) is 8.68. The molecule has 0 bridgehead atoms. The molecular weight excluding hydrogens is 383 g/mol. The largest absolute Gasteiger partial charge is 0.322 e. The summed E-state index contributed by atoms with van der Waals surface area (Å²) in [4.78, 5) is 12.4. The van der Waals surface area contributed by atoms with E-state index in [2.05, 4.69) is 5.32 Å². The zero-order chi connectivity index (χ0) is 18.2. The number of hydrogen-bond acceptors (Lipinski definition) is 3. The lowest BCUT2D eigenvalue weighted by Gasteiger charge is -2.20. The molecule has 0 unspecified atom stereocenters. The molecule has 0 radical (unpaired) electrons. The molecule has 1 aliphatic rings. The first-order chi connectivity index (χ1) is 11.8. The van der Waals surface area contributed by atoms with Crippen LogP contribution in [0.15, 0.2) is 36.4 Å². The summed E-state index contributed by atoms with van der Waals surface area (Å²) in [5.41, 5.74) is 2.20. The summed E-state index contributed by atoms with van der Waals surface area (Å²) in [7, 11) is -3.29. The van der Waals surface area contributed by atoms with Gasteiger partial charge in [0.25, 0.3) is 5.91 Å². The number of nitrogens with zero attached hydrogens (tertiary/aromatic N) is 1. The molecule has 0 saturated carbocycles. The molecule has 132 valence electrons. The zero-order valence-electron chi connectivity index (χ0n) is 13.4. The summed E-state index contributed by atoms with van der Waals surface area (Å²) in [6.07, 6.45) is 0.596. The summed E-state index contributed by atoms with van der Waals surface area (Å²) < 4.78 is 25.7. The number of nitrogens with one attached hydrogen (secondary N) is 1. The van der Waals surface area contributed by atoms with Crippen molar-refractivity contribution in [3.63, 3.8) is 0 Å². The number of amides is 1. The van der Waals surface area contributed by atoms with E-state index < -0.39 is 10.0 Å². The Kier molecular flexibility index (Phi) is 4.95. The van der Waals surface area contributed by atoms with E-state index in [4.69, 9.17) is 23.2 Å². The van der Waals surface area contributed by atoms with Gasteiger partial charge in [0.05, 0.1) is 22.0 Å². The van der Waals surface area contributed by atoms with Crippen molar-refractivity contribution in [1.29, 1.82) is 0 Å². The Hall–Kier alpha value is -1.76. The monoisotopic (exact) mass is 398 g/mol. The fraction of sp³-hybridized carbons (Fsp3) is 0.235. The number of carbonyl (C=O) groups is 1.